The van der Waals surface area contributed by atoms with Crippen molar-refractivity contribution in [3.05, 3.63) is 46.3 Å². The molecule has 1 aliphatic rings. The van der Waals surface area contributed by atoms with Gasteiger partial charge in [-0.1, -0.05) is 32.9 Å². The van der Waals surface area contributed by atoms with Crippen LogP contribution in [0, 0.1) is 16.0 Å². The molecule has 7 nitrogen and oxygen atoms in total. The predicted molar refractivity (Wildman–Crippen MR) is 103 cm³/mol. The van der Waals surface area contributed by atoms with E-state index in [4.69, 9.17) is 0 Å². The SMILES string of the molecule is CC1CCCN(c2ncnc(Nc3ccc(C(C)C)cc3)c2[N+](=O)[O-])C1. The minimum atomic E-state index is -0.389. The maximum atomic E-state index is 11.8. The van der Waals surface area contributed by atoms with Gasteiger partial charge in [0.15, 0.2) is 0 Å². The summed E-state index contributed by atoms with van der Waals surface area (Å²) in [5.41, 5.74) is 1.93. The van der Waals surface area contributed by atoms with E-state index in [9.17, 15) is 10.1 Å². The first-order valence-electron chi connectivity index (χ1n) is 9.07. The topological polar surface area (TPSA) is 84.2 Å². The first kappa shape index (κ1) is 18.1. The fourth-order valence-corrected chi connectivity index (χ4v) is 3.33. The summed E-state index contributed by atoms with van der Waals surface area (Å²) in [6.07, 6.45) is 3.55. The number of benzene rings is 1. The van der Waals surface area contributed by atoms with Crippen LogP contribution >= 0.6 is 0 Å². The zero-order chi connectivity index (χ0) is 18.7. The van der Waals surface area contributed by atoms with Gasteiger partial charge in [0.1, 0.15) is 6.33 Å². The molecule has 0 radical (unpaired) electrons. The number of rotatable bonds is 5. The van der Waals surface area contributed by atoms with Crippen molar-refractivity contribution < 1.29 is 4.92 Å². The quantitative estimate of drug-likeness (QED) is 0.628. The van der Waals surface area contributed by atoms with Crippen molar-refractivity contribution >= 4 is 23.0 Å². The van der Waals surface area contributed by atoms with Crippen LogP contribution in [0.1, 0.15) is 45.1 Å². The van der Waals surface area contributed by atoms with Gasteiger partial charge < -0.3 is 10.2 Å². The number of piperidine rings is 1. The van der Waals surface area contributed by atoms with E-state index < -0.39 is 0 Å². The third kappa shape index (κ3) is 3.92. The van der Waals surface area contributed by atoms with Crippen molar-refractivity contribution in [1.29, 1.82) is 0 Å². The highest BCUT2D eigenvalue weighted by Crippen LogP contribution is 2.35. The molecule has 1 fully saturated rings. The molecule has 3 rings (SSSR count). The zero-order valence-electron chi connectivity index (χ0n) is 15.5. The molecule has 0 bridgehead atoms. The van der Waals surface area contributed by atoms with Gasteiger partial charge in [0.25, 0.3) is 0 Å². The van der Waals surface area contributed by atoms with Gasteiger partial charge in [-0.25, -0.2) is 9.97 Å². The van der Waals surface area contributed by atoms with E-state index in [0.29, 0.717) is 17.7 Å². The Morgan fingerprint density at radius 1 is 1.27 bits per heavy atom. The normalized spacial score (nSPS) is 17.4. The monoisotopic (exact) mass is 355 g/mol. The summed E-state index contributed by atoms with van der Waals surface area (Å²) < 4.78 is 0. The Bertz CT molecular complexity index is 776. The van der Waals surface area contributed by atoms with Gasteiger partial charge in [0, 0.05) is 18.8 Å². The maximum absolute atomic E-state index is 11.8. The Labute approximate surface area is 153 Å². The average Bonchev–Trinajstić information content (AvgIpc) is 2.61. The molecule has 1 N–H and O–H groups in total. The van der Waals surface area contributed by atoms with Crippen molar-refractivity contribution in [1.82, 2.24) is 9.97 Å². The van der Waals surface area contributed by atoms with Gasteiger partial charge in [-0.2, -0.15) is 0 Å². The Morgan fingerprint density at radius 3 is 2.62 bits per heavy atom. The number of nitrogens with zero attached hydrogens (tertiary/aromatic N) is 4. The van der Waals surface area contributed by atoms with E-state index in [1.54, 1.807) is 0 Å². The fourth-order valence-electron chi connectivity index (χ4n) is 3.33. The minimum absolute atomic E-state index is 0.0606. The van der Waals surface area contributed by atoms with E-state index >= 15 is 0 Å². The molecule has 2 heterocycles. The summed E-state index contributed by atoms with van der Waals surface area (Å²) in [5, 5.41) is 14.9. The highest BCUT2D eigenvalue weighted by atomic mass is 16.6. The van der Waals surface area contributed by atoms with Crippen LogP contribution in [0.15, 0.2) is 30.6 Å². The van der Waals surface area contributed by atoms with Crippen LogP contribution in [0.3, 0.4) is 0 Å². The predicted octanol–water partition coefficient (Wildman–Crippen LogP) is 4.49. The van der Waals surface area contributed by atoms with E-state index in [0.717, 1.165) is 31.6 Å². The summed E-state index contributed by atoms with van der Waals surface area (Å²) in [7, 11) is 0. The molecule has 1 aliphatic heterocycles. The van der Waals surface area contributed by atoms with Crippen molar-refractivity contribution in [2.45, 2.75) is 39.5 Å². The first-order valence-corrected chi connectivity index (χ1v) is 9.07. The molecule has 1 unspecified atom stereocenters. The first-order chi connectivity index (χ1) is 12.5. The lowest BCUT2D eigenvalue weighted by atomic mass is 10.0. The van der Waals surface area contributed by atoms with E-state index in [1.807, 2.05) is 29.2 Å². The van der Waals surface area contributed by atoms with Gasteiger partial charge in [0.05, 0.1) is 4.92 Å². The molecule has 0 saturated carbocycles. The second kappa shape index (κ2) is 7.68. The fraction of sp³-hybridized carbons (Fsp3) is 0.474. The minimum Gasteiger partial charge on any atom is -0.350 e. The lowest BCUT2D eigenvalue weighted by Gasteiger charge is -2.31. The van der Waals surface area contributed by atoms with Crippen LogP contribution in [0.5, 0.6) is 0 Å². The van der Waals surface area contributed by atoms with Crippen LogP contribution in [0.4, 0.5) is 23.0 Å². The average molecular weight is 355 g/mol. The maximum Gasteiger partial charge on any atom is 0.353 e. The largest absolute Gasteiger partial charge is 0.353 e. The van der Waals surface area contributed by atoms with E-state index in [-0.39, 0.29) is 16.4 Å². The number of hydrogen-bond acceptors (Lipinski definition) is 6. The summed E-state index contributed by atoms with van der Waals surface area (Å²) in [4.78, 5) is 21.7. The Morgan fingerprint density at radius 2 is 2.00 bits per heavy atom. The molecule has 1 aromatic carbocycles. The summed E-state index contributed by atoms with van der Waals surface area (Å²) >= 11 is 0. The second-order valence-corrected chi connectivity index (χ2v) is 7.25. The Balaban J connectivity index is 1.91. The molecule has 7 heteroatoms. The van der Waals surface area contributed by atoms with Crippen LogP contribution < -0.4 is 10.2 Å². The highest BCUT2D eigenvalue weighted by Gasteiger charge is 2.29. The molecule has 0 amide bonds. The molecule has 1 aromatic heterocycles. The van der Waals surface area contributed by atoms with Crippen molar-refractivity contribution in [3.63, 3.8) is 0 Å². The van der Waals surface area contributed by atoms with E-state index in [1.165, 1.54) is 11.9 Å². The van der Waals surface area contributed by atoms with Gasteiger partial charge >= 0.3 is 5.69 Å². The number of anilines is 3. The molecule has 26 heavy (non-hydrogen) atoms. The molecule has 0 aliphatic carbocycles. The number of hydrogen-bond donors (Lipinski definition) is 1. The number of nitro groups is 1. The lowest BCUT2D eigenvalue weighted by molar-refractivity contribution is -0.383. The van der Waals surface area contributed by atoms with Gasteiger partial charge in [-0.05, 0) is 42.4 Å². The summed E-state index contributed by atoms with van der Waals surface area (Å²) in [6.45, 7) is 7.98. The van der Waals surface area contributed by atoms with Crippen LogP contribution in [0.2, 0.25) is 0 Å². The molecular formula is C19H25N5O2. The highest BCUT2D eigenvalue weighted by molar-refractivity contribution is 5.74. The number of aromatic nitrogens is 2. The zero-order valence-corrected chi connectivity index (χ0v) is 15.5. The molecule has 2 aromatic rings. The lowest BCUT2D eigenvalue weighted by Crippen LogP contribution is -2.35. The second-order valence-electron chi connectivity index (χ2n) is 7.25. The smallest absolute Gasteiger partial charge is 0.350 e. The molecule has 0 spiro atoms. The standard InChI is InChI=1S/C19H25N5O2/c1-13(2)15-6-8-16(9-7-15)22-18-17(24(25)26)19(21-12-20-18)23-10-4-5-14(3)11-23/h6-9,12-14H,4-5,10-11H2,1-3H3,(H,20,21,22). The van der Waals surface area contributed by atoms with Crippen molar-refractivity contribution in [2.24, 2.45) is 5.92 Å². The van der Waals surface area contributed by atoms with Gasteiger partial charge in [-0.3, -0.25) is 10.1 Å². The number of nitrogens with one attached hydrogen (secondary N) is 1. The van der Waals surface area contributed by atoms with Gasteiger partial charge in [0.2, 0.25) is 11.6 Å². The van der Waals surface area contributed by atoms with Crippen molar-refractivity contribution in [3.8, 4) is 0 Å². The van der Waals surface area contributed by atoms with Crippen LogP contribution in [-0.4, -0.2) is 28.0 Å². The van der Waals surface area contributed by atoms with Crippen LogP contribution in [-0.2, 0) is 0 Å². The Kier molecular flexibility index (Phi) is 5.35. The summed E-state index contributed by atoms with van der Waals surface area (Å²) in [5.74, 6) is 1.57. The molecule has 1 atom stereocenters. The Hall–Kier alpha value is -2.70. The van der Waals surface area contributed by atoms with Crippen molar-refractivity contribution in [2.75, 3.05) is 23.3 Å². The molecular weight excluding hydrogens is 330 g/mol. The summed E-state index contributed by atoms with van der Waals surface area (Å²) in [6, 6.07) is 7.88. The van der Waals surface area contributed by atoms with E-state index in [2.05, 4.69) is 36.1 Å². The third-order valence-corrected chi connectivity index (χ3v) is 4.78. The van der Waals surface area contributed by atoms with Gasteiger partial charge in [-0.15, -0.1) is 0 Å². The van der Waals surface area contributed by atoms with Crippen LogP contribution in [0.25, 0.3) is 0 Å². The third-order valence-electron chi connectivity index (χ3n) is 4.78. The molecule has 138 valence electrons. The molecule has 1 saturated heterocycles.